The van der Waals surface area contributed by atoms with E-state index in [-0.39, 0.29) is 0 Å². The Morgan fingerprint density at radius 1 is 1.39 bits per heavy atom. The van der Waals surface area contributed by atoms with Gasteiger partial charge in [0.05, 0.1) is 11.4 Å². The number of hydrogen-bond acceptors (Lipinski definition) is 4. The Kier molecular flexibility index (Phi) is 3.43. The highest BCUT2D eigenvalue weighted by molar-refractivity contribution is 5.94. The van der Waals surface area contributed by atoms with Crippen LogP contribution in [0, 0.1) is 0 Å². The molecule has 1 aliphatic heterocycles. The molecule has 98 valence electrons. The van der Waals surface area contributed by atoms with Gasteiger partial charge in [0, 0.05) is 31.2 Å². The molecule has 18 heavy (non-hydrogen) atoms. The molecule has 1 aromatic rings. The molecule has 1 aliphatic rings. The quantitative estimate of drug-likeness (QED) is 0.748. The number of primary amides is 1. The fourth-order valence-electron chi connectivity index (χ4n) is 2.26. The number of carbonyl (C=O) groups is 1. The first-order valence-electron chi connectivity index (χ1n) is 6.13. The van der Waals surface area contributed by atoms with E-state index in [1.807, 2.05) is 6.07 Å². The van der Waals surface area contributed by atoms with Gasteiger partial charge in [-0.15, -0.1) is 0 Å². The van der Waals surface area contributed by atoms with Gasteiger partial charge in [-0.25, -0.2) is 0 Å². The number of rotatable bonds is 2. The maximum atomic E-state index is 11.1. The lowest BCUT2D eigenvalue weighted by Crippen LogP contribution is -2.50. The summed E-state index contributed by atoms with van der Waals surface area (Å²) in [7, 11) is 2.13. The minimum Gasteiger partial charge on any atom is -0.397 e. The molecule has 0 bridgehead atoms. The molecule has 1 amide bonds. The first kappa shape index (κ1) is 12.7. The van der Waals surface area contributed by atoms with Crippen molar-refractivity contribution in [2.24, 2.45) is 5.73 Å². The van der Waals surface area contributed by atoms with Gasteiger partial charge in [-0.1, -0.05) is 0 Å². The number of hydrogen-bond donors (Lipinski definition) is 2. The molecule has 4 N–H and O–H groups in total. The van der Waals surface area contributed by atoms with E-state index in [1.165, 1.54) is 0 Å². The molecule has 0 spiro atoms. The van der Waals surface area contributed by atoms with Crippen LogP contribution in [-0.2, 0) is 0 Å². The van der Waals surface area contributed by atoms with Crippen molar-refractivity contribution in [3.8, 4) is 0 Å². The third-order valence-corrected chi connectivity index (χ3v) is 3.61. The van der Waals surface area contributed by atoms with E-state index in [1.54, 1.807) is 12.1 Å². The minimum atomic E-state index is -0.444. The SMILES string of the molecule is CC1CN(c2ccc(C(N)=O)cc2N)CCN1C. The van der Waals surface area contributed by atoms with Gasteiger partial charge in [0.15, 0.2) is 0 Å². The highest BCUT2D eigenvalue weighted by atomic mass is 16.1. The van der Waals surface area contributed by atoms with Crippen molar-refractivity contribution in [1.29, 1.82) is 0 Å². The Hall–Kier alpha value is -1.75. The Bertz CT molecular complexity index is 460. The van der Waals surface area contributed by atoms with Gasteiger partial charge in [-0.05, 0) is 32.2 Å². The number of piperazine rings is 1. The second-order valence-electron chi connectivity index (χ2n) is 4.91. The molecule has 0 aliphatic carbocycles. The lowest BCUT2D eigenvalue weighted by molar-refractivity contribution is 0.100. The van der Waals surface area contributed by atoms with Crippen LogP contribution in [0.3, 0.4) is 0 Å². The van der Waals surface area contributed by atoms with Crippen LogP contribution in [0.15, 0.2) is 18.2 Å². The van der Waals surface area contributed by atoms with E-state index >= 15 is 0 Å². The van der Waals surface area contributed by atoms with Crippen LogP contribution in [0.5, 0.6) is 0 Å². The monoisotopic (exact) mass is 248 g/mol. The van der Waals surface area contributed by atoms with Crippen LogP contribution >= 0.6 is 0 Å². The second kappa shape index (κ2) is 4.86. The number of nitrogen functional groups attached to an aromatic ring is 1. The number of benzene rings is 1. The fourth-order valence-corrected chi connectivity index (χ4v) is 2.26. The summed E-state index contributed by atoms with van der Waals surface area (Å²) in [5.41, 5.74) is 13.3. The summed E-state index contributed by atoms with van der Waals surface area (Å²) in [6.45, 7) is 5.09. The normalized spacial score (nSPS) is 21.0. The fraction of sp³-hybridized carbons (Fsp3) is 0.462. The molecule has 1 fully saturated rings. The molecule has 1 heterocycles. The molecule has 0 aromatic heterocycles. The predicted octanol–water partition coefficient (Wildman–Crippen LogP) is 0.508. The van der Waals surface area contributed by atoms with E-state index in [2.05, 4.69) is 23.8 Å². The minimum absolute atomic E-state index is 0.444. The van der Waals surface area contributed by atoms with Crippen LogP contribution in [0.25, 0.3) is 0 Å². The molecule has 5 nitrogen and oxygen atoms in total. The van der Waals surface area contributed by atoms with Crippen LogP contribution in [0.1, 0.15) is 17.3 Å². The molecular formula is C13H20N4O. The van der Waals surface area contributed by atoms with Gasteiger partial charge in [0.25, 0.3) is 0 Å². The smallest absolute Gasteiger partial charge is 0.248 e. The topological polar surface area (TPSA) is 75.6 Å². The van der Waals surface area contributed by atoms with Gasteiger partial charge in [-0.3, -0.25) is 4.79 Å². The zero-order chi connectivity index (χ0) is 13.3. The van der Waals surface area contributed by atoms with Gasteiger partial charge >= 0.3 is 0 Å². The van der Waals surface area contributed by atoms with Crippen molar-refractivity contribution in [3.05, 3.63) is 23.8 Å². The molecule has 2 rings (SSSR count). The average molecular weight is 248 g/mol. The summed E-state index contributed by atoms with van der Waals surface area (Å²) >= 11 is 0. The van der Waals surface area contributed by atoms with E-state index < -0.39 is 5.91 Å². The predicted molar refractivity (Wildman–Crippen MR) is 73.7 cm³/mol. The van der Waals surface area contributed by atoms with Crippen LogP contribution < -0.4 is 16.4 Å². The number of anilines is 2. The molecule has 1 aromatic carbocycles. The van der Waals surface area contributed by atoms with Crippen molar-refractivity contribution in [1.82, 2.24) is 4.90 Å². The molecule has 0 saturated carbocycles. The molecule has 1 unspecified atom stereocenters. The zero-order valence-electron chi connectivity index (χ0n) is 10.9. The van der Waals surface area contributed by atoms with Gasteiger partial charge < -0.3 is 21.3 Å². The van der Waals surface area contributed by atoms with Crippen molar-refractivity contribution in [2.75, 3.05) is 37.3 Å². The zero-order valence-corrected chi connectivity index (χ0v) is 10.9. The summed E-state index contributed by atoms with van der Waals surface area (Å²) in [6, 6.07) is 5.76. The summed E-state index contributed by atoms with van der Waals surface area (Å²) in [6.07, 6.45) is 0. The lowest BCUT2D eigenvalue weighted by Gasteiger charge is -2.39. The Morgan fingerprint density at radius 3 is 2.67 bits per heavy atom. The molecule has 5 heteroatoms. The largest absolute Gasteiger partial charge is 0.397 e. The summed E-state index contributed by atoms with van der Waals surface area (Å²) in [5.74, 6) is -0.444. The maximum Gasteiger partial charge on any atom is 0.248 e. The first-order chi connectivity index (χ1) is 8.49. The molecular weight excluding hydrogens is 228 g/mol. The maximum absolute atomic E-state index is 11.1. The molecule has 1 saturated heterocycles. The lowest BCUT2D eigenvalue weighted by atomic mass is 10.1. The van der Waals surface area contributed by atoms with E-state index in [9.17, 15) is 4.79 Å². The highest BCUT2D eigenvalue weighted by Crippen LogP contribution is 2.26. The average Bonchev–Trinajstić information content (AvgIpc) is 2.32. The van der Waals surface area contributed by atoms with Crippen molar-refractivity contribution in [3.63, 3.8) is 0 Å². The second-order valence-corrected chi connectivity index (χ2v) is 4.91. The van der Waals surface area contributed by atoms with E-state index in [0.29, 0.717) is 17.3 Å². The van der Waals surface area contributed by atoms with E-state index in [0.717, 1.165) is 25.3 Å². The summed E-state index contributed by atoms with van der Waals surface area (Å²) in [4.78, 5) is 15.7. The van der Waals surface area contributed by atoms with Gasteiger partial charge in [0.1, 0.15) is 0 Å². The first-order valence-corrected chi connectivity index (χ1v) is 6.13. The highest BCUT2D eigenvalue weighted by Gasteiger charge is 2.22. The standard InChI is InChI=1S/C13H20N4O/c1-9-8-17(6-5-16(9)2)12-4-3-10(13(15)18)7-11(12)14/h3-4,7,9H,5-6,8,14H2,1-2H3,(H2,15,18). The van der Waals surface area contributed by atoms with E-state index in [4.69, 9.17) is 11.5 Å². The molecule has 1 atom stereocenters. The van der Waals surface area contributed by atoms with Crippen molar-refractivity contribution < 1.29 is 4.79 Å². The molecule has 0 radical (unpaired) electrons. The summed E-state index contributed by atoms with van der Waals surface area (Å²) in [5, 5.41) is 0. The van der Waals surface area contributed by atoms with Crippen LogP contribution in [-0.4, -0.2) is 43.5 Å². The van der Waals surface area contributed by atoms with Gasteiger partial charge in [0.2, 0.25) is 5.91 Å². The van der Waals surface area contributed by atoms with Crippen LogP contribution in [0.2, 0.25) is 0 Å². The number of nitrogens with zero attached hydrogens (tertiary/aromatic N) is 2. The third kappa shape index (κ3) is 2.41. The number of likely N-dealkylation sites (N-methyl/N-ethyl adjacent to an activating group) is 1. The Labute approximate surface area is 107 Å². The Balaban J connectivity index is 2.21. The number of amides is 1. The summed E-state index contributed by atoms with van der Waals surface area (Å²) < 4.78 is 0. The van der Waals surface area contributed by atoms with Crippen molar-refractivity contribution in [2.45, 2.75) is 13.0 Å². The number of nitrogens with two attached hydrogens (primary N) is 2. The number of carbonyl (C=O) groups excluding carboxylic acids is 1. The Morgan fingerprint density at radius 2 is 2.11 bits per heavy atom. The van der Waals surface area contributed by atoms with Gasteiger partial charge in [-0.2, -0.15) is 0 Å². The van der Waals surface area contributed by atoms with Crippen LogP contribution in [0.4, 0.5) is 11.4 Å². The third-order valence-electron chi connectivity index (χ3n) is 3.61. The van der Waals surface area contributed by atoms with Crippen molar-refractivity contribution >= 4 is 17.3 Å².